The van der Waals surface area contributed by atoms with Crippen LogP contribution in [0.1, 0.15) is 0 Å². The lowest BCUT2D eigenvalue weighted by Crippen LogP contribution is -1.93. The standard InChI is InChI=1S/C47H28N4O2/c1-3-11-29(12-4-1)35-27-38(32-13-5-2-6-14-32)47-49-46(50-51(47)28-35)34-25-21-31(22-26-34)30-19-23-33(24-20-30)42-44-41(36-15-7-9-17-39(36)52-44)45-43(48-42)37-16-8-10-18-40(37)53-45/h1-28H. The minimum absolute atomic E-state index is 0.678. The van der Waals surface area contributed by atoms with Crippen molar-refractivity contribution in [2.45, 2.75) is 0 Å². The minimum atomic E-state index is 0.678. The highest BCUT2D eigenvalue weighted by molar-refractivity contribution is 6.23. The topological polar surface area (TPSA) is 69.4 Å². The summed E-state index contributed by atoms with van der Waals surface area (Å²) in [6, 6.07) is 56.1. The summed E-state index contributed by atoms with van der Waals surface area (Å²) in [5, 5.41) is 7.91. The molecule has 0 N–H and O–H groups in total. The first-order valence-corrected chi connectivity index (χ1v) is 17.6. The molecule has 0 bridgehead atoms. The third-order valence-electron chi connectivity index (χ3n) is 10.1. The van der Waals surface area contributed by atoms with Gasteiger partial charge in [0.1, 0.15) is 22.4 Å². The summed E-state index contributed by atoms with van der Waals surface area (Å²) in [6.45, 7) is 0. The highest BCUT2D eigenvalue weighted by atomic mass is 16.3. The van der Waals surface area contributed by atoms with Crippen molar-refractivity contribution in [3.05, 3.63) is 170 Å². The maximum atomic E-state index is 6.46. The molecular weight excluding hydrogens is 653 g/mol. The van der Waals surface area contributed by atoms with Gasteiger partial charge < -0.3 is 8.83 Å². The number of fused-ring (bicyclic) bond motifs is 8. The Hall–Kier alpha value is -7.31. The second kappa shape index (κ2) is 11.6. The fourth-order valence-corrected chi connectivity index (χ4v) is 7.47. The van der Waals surface area contributed by atoms with Gasteiger partial charge in [0.2, 0.25) is 0 Å². The Morgan fingerprint density at radius 3 is 1.70 bits per heavy atom. The molecule has 0 amide bonds. The lowest BCUT2D eigenvalue weighted by atomic mass is 10.0. The van der Waals surface area contributed by atoms with Crippen LogP contribution in [0.25, 0.3) is 106 Å². The van der Waals surface area contributed by atoms with E-state index < -0.39 is 0 Å². The van der Waals surface area contributed by atoms with Crippen molar-refractivity contribution < 1.29 is 8.83 Å². The Kier molecular flexibility index (Phi) is 6.45. The van der Waals surface area contributed by atoms with E-state index in [9.17, 15) is 0 Å². The second-order valence-electron chi connectivity index (χ2n) is 13.3. The largest absolute Gasteiger partial charge is 0.454 e. The van der Waals surface area contributed by atoms with Gasteiger partial charge in [-0.1, -0.05) is 140 Å². The Balaban J connectivity index is 0.964. The lowest BCUT2D eigenvalue weighted by molar-refractivity contribution is 0.661. The van der Waals surface area contributed by atoms with Crippen LogP contribution >= 0.6 is 0 Å². The number of hydrogen-bond acceptors (Lipinski definition) is 5. The molecule has 0 spiro atoms. The fourth-order valence-electron chi connectivity index (χ4n) is 7.47. The summed E-state index contributed by atoms with van der Waals surface area (Å²) in [7, 11) is 0. The van der Waals surface area contributed by atoms with Gasteiger partial charge >= 0.3 is 0 Å². The first kappa shape index (κ1) is 29.4. The molecule has 0 unspecified atom stereocenters. The number of rotatable bonds is 5. The van der Waals surface area contributed by atoms with Gasteiger partial charge in [-0.25, -0.2) is 14.5 Å². The number of benzene rings is 6. The molecule has 6 aromatic carbocycles. The van der Waals surface area contributed by atoms with Crippen LogP contribution < -0.4 is 0 Å². The zero-order chi connectivity index (χ0) is 34.9. The van der Waals surface area contributed by atoms with Gasteiger partial charge in [-0.05, 0) is 46.5 Å². The SMILES string of the molecule is c1ccc(-c2cc(-c3ccccc3)c3nc(-c4ccc(-c5ccc(-c6nc7c8ccccc8oc7c7c6oc6ccccc67)cc5)cc4)nn3c2)cc1. The van der Waals surface area contributed by atoms with Crippen LogP contribution in [0, 0.1) is 0 Å². The summed E-state index contributed by atoms with van der Waals surface area (Å²) in [4.78, 5) is 10.2. The van der Waals surface area contributed by atoms with E-state index in [1.54, 1.807) is 0 Å². The minimum Gasteiger partial charge on any atom is -0.454 e. The van der Waals surface area contributed by atoms with E-state index >= 15 is 0 Å². The first-order valence-electron chi connectivity index (χ1n) is 17.6. The van der Waals surface area contributed by atoms with E-state index in [0.717, 1.165) is 99.9 Å². The molecule has 11 rings (SSSR count). The molecule has 0 aliphatic rings. The van der Waals surface area contributed by atoms with Crippen molar-refractivity contribution in [2.24, 2.45) is 0 Å². The summed E-state index contributed by atoms with van der Waals surface area (Å²) in [5.74, 6) is 0.678. The van der Waals surface area contributed by atoms with Gasteiger partial charge in [-0.3, -0.25) is 0 Å². The predicted octanol–water partition coefficient (Wildman–Crippen LogP) is 12.3. The number of para-hydroxylation sites is 2. The summed E-state index contributed by atoms with van der Waals surface area (Å²) in [6.07, 6.45) is 2.06. The molecule has 5 heterocycles. The van der Waals surface area contributed by atoms with E-state index in [2.05, 4.69) is 121 Å². The lowest BCUT2D eigenvalue weighted by Gasteiger charge is -2.08. The number of pyridine rings is 2. The molecule has 6 nitrogen and oxygen atoms in total. The van der Waals surface area contributed by atoms with E-state index in [0.29, 0.717) is 5.82 Å². The van der Waals surface area contributed by atoms with Crippen molar-refractivity contribution in [2.75, 3.05) is 0 Å². The highest BCUT2D eigenvalue weighted by Crippen LogP contribution is 2.42. The molecule has 11 aromatic rings. The maximum Gasteiger partial charge on any atom is 0.182 e. The molecule has 0 saturated heterocycles. The fraction of sp³-hybridized carbons (Fsp3) is 0. The van der Waals surface area contributed by atoms with Gasteiger partial charge in [-0.15, -0.1) is 5.10 Å². The number of hydrogen-bond donors (Lipinski definition) is 0. The Morgan fingerprint density at radius 1 is 0.434 bits per heavy atom. The second-order valence-corrected chi connectivity index (χ2v) is 13.3. The third kappa shape index (κ3) is 4.77. The molecule has 5 aromatic heterocycles. The van der Waals surface area contributed by atoms with Crippen LogP contribution in [-0.2, 0) is 0 Å². The predicted molar refractivity (Wildman–Crippen MR) is 213 cm³/mol. The number of nitrogens with zero attached hydrogens (tertiary/aromatic N) is 4. The molecule has 0 saturated carbocycles. The molecule has 0 fully saturated rings. The van der Waals surface area contributed by atoms with Crippen LogP contribution in [0.5, 0.6) is 0 Å². The summed E-state index contributed by atoms with van der Waals surface area (Å²) < 4.78 is 14.7. The van der Waals surface area contributed by atoms with Gasteiger partial charge in [0.05, 0.1) is 5.39 Å². The zero-order valence-corrected chi connectivity index (χ0v) is 28.3. The van der Waals surface area contributed by atoms with Gasteiger partial charge in [-0.2, -0.15) is 0 Å². The third-order valence-corrected chi connectivity index (χ3v) is 10.1. The average Bonchev–Trinajstić information content (AvgIpc) is 3.95. The molecular formula is C47H28N4O2. The quantitative estimate of drug-likeness (QED) is 0.181. The summed E-state index contributed by atoms with van der Waals surface area (Å²) >= 11 is 0. The molecule has 53 heavy (non-hydrogen) atoms. The van der Waals surface area contributed by atoms with Crippen LogP contribution in [-0.4, -0.2) is 19.6 Å². The van der Waals surface area contributed by atoms with Gasteiger partial charge in [0.15, 0.2) is 22.6 Å². The van der Waals surface area contributed by atoms with Crippen LogP contribution in [0.3, 0.4) is 0 Å². The molecule has 0 atom stereocenters. The molecule has 0 aliphatic heterocycles. The van der Waals surface area contributed by atoms with E-state index in [1.165, 1.54) is 0 Å². The maximum absolute atomic E-state index is 6.46. The highest BCUT2D eigenvalue weighted by Gasteiger charge is 2.22. The molecule has 0 radical (unpaired) electrons. The molecule has 6 heteroatoms. The normalized spacial score (nSPS) is 11.8. The van der Waals surface area contributed by atoms with Crippen molar-refractivity contribution in [3.63, 3.8) is 0 Å². The smallest absolute Gasteiger partial charge is 0.182 e. The van der Waals surface area contributed by atoms with Crippen LogP contribution in [0.15, 0.2) is 179 Å². The molecule has 248 valence electrons. The average molecular weight is 681 g/mol. The van der Waals surface area contributed by atoms with Crippen molar-refractivity contribution >= 4 is 49.7 Å². The van der Waals surface area contributed by atoms with E-state index in [1.807, 2.05) is 53.0 Å². The zero-order valence-electron chi connectivity index (χ0n) is 28.3. The van der Waals surface area contributed by atoms with Crippen molar-refractivity contribution in [3.8, 4) is 56.0 Å². The van der Waals surface area contributed by atoms with E-state index in [-0.39, 0.29) is 0 Å². The number of furan rings is 2. The Morgan fingerprint density at radius 2 is 0.981 bits per heavy atom. The van der Waals surface area contributed by atoms with E-state index in [4.69, 9.17) is 23.9 Å². The van der Waals surface area contributed by atoms with Crippen molar-refractivity contribution in [1.29, 1.82) is 0 Å². The molecule has 0 aliphatic carbocycles. The van der Waals surface area contributed by atoms with Crippen LogP contribution in [0.4, 0.5) is 0 Å². The monoisotopic (exact) mass is 680 g/mol. The Bertz CT molecular complexity index is 3140. The van der Waals surface area contributed by atoms with Crippen molar-refractivity contribution in [1.82, 2.24) is 19.6 Å². The van der Waals surface area contributed by atoms with Crippen LogP contribution in [0.2, 0.25) is 0 Å². The number of aromatic nitrogens is 4. The first-order chi connectivity index (χ1) is 26.2. The van der Waals surface area contributed by atoms with Gasteiger partial charge in [0.25, 0.3) is 0 Å². The van der Waals surface area contributed by atoms with Gasteiger partial charge in [0, 0.05) is 39.2 Å². The Labute approximate surface area is 303 Å². The summed E-state index contributed by atoms with van der Waals surface area (Å²) in [5.41, 5.74) is 14.0.